The second-order valence-electron chi connectivity index (χ2n) is 3.99. The van der Waals surface area contributed by atoms with Crippen molar-refractivity contribution in [3.63, 3.8) is 0 Å². The maximum absolute atomic E-state index is 11.8. The van der Waals surface area contributed by atoms with Gasteiger partial charge in [0.05, 0.1) is 12.6 Å². The van der Waals surface area contributed by atoms with Crippen LogP contribution in [0.1, 0.15) is 19.8 Å². The molecule has 2 N–H and O–H groups in total. The molecule has 1 saturated carbocycles. The minimum absolute atomic E-state index is 0.339. The highest BCUT2D eigenvalue weighted by molar-refractivity contribution is 4.85. The molecule has 6 heteroatoms. The van der Waals surface area contributed by atoms with Crippen molar-refractivity contribution in [3.8, 4) is 0 Å². The summed E-state index contributed by atoms with van der Waals surface area (Å²) < 4.78 is 40.6. The molecule has 0 aliphatic heterocycles. The molecule has 1 rings (SSSR count). The molecule has 0 aromatic carbocycles. The predicted octanol–water partition coefficient (Wildman–Crippen LogP) is 1.30. The summed E-state index contributed by atoms with van der Waals surface area (Å²) in [5, 5.41) is 5.53. The smallest absolute Gasteiger partial charge is 0.378 e. The molecule has 0 heterocycles. The van der Waals surface area contributed by atoms with E-state index in [0.717, 1.165) is 19.4 Å². The molecule has 0 spiro atoms. The van der Waals surface area contributed by atoms with Crippen molar-refractivity contribution in [2.45, 2.75) is 38.1 Å². The zero-order valence-corrected chi connectivity index (χ0v) is 9.44. The van der Waals surface area contributed by atoms with E-state index in [1.807, 2.05) is 6.92 Å². The van der Waals surface area contributed by atoms with E-state index in [1.165, 1.54) is 0 Å². The van der Waals surface area contributed by atoms with Crippen LogP contribution in [-0.4, -0.2) is 44.6 Å². The highest BCUT2D eigenvalue weighted by Gasteiger charge is 2.29. The summed E-state index contributed by atoms with van der Waals surface area (Å²) in [5.41, 5.74) is 0. The molecule has 3 nitrogen and oxygen atoms in total. The highest BCUT2D eigenvalue weighted by atomic mass is 19.4. The average Bonchev–Trinajstić information content (AvgIpc) is 2.11. The summed E-state index contributed by atoms with van der Waals surface area (Å²) in [6.07, 6.45) is -1.85. The predicted molar refractivity (Wildman–Crippen MR) is 55.4 cm³/mol. The molecule has 0 aromatic rings. The Labute approximate surface area is 93.7 Å². The van der Waals surface area contributed by atoms with E-state index in [2.05, 4.69) is 10.6 Å². The Morgan fingerprint density at radius 3 is 2.50 bits per heavy atom. The first-order valence-corrected chi connectivity index (χ1v) is 5.63. The van der Waals surface area contributed by atoms with Crippen molar-refractivity contribution >= 4 is 0 Å². The van der Waals surface area contributed by atoms with Crippen LogP contribution >= 0.6 is 0 Å². The van der Waals surface area contributed by atoms with E-state index in [1.54, 1.807) is 0 Å². The lowest BCUT2D eigenvalue weighted by Gasteiger charge is -2.35. The van der Waals surface area contributed by atoms with Crippen LogP contribution in [-0.2, 0) is 4.74 Å². The molecule has 16 heavy (non-hydrogen) atoms. The third-order valence-electron chi connectivity index (χ3n) is 2.56. The lowest BCUT2D eigenvalue weighted by atomic mass is 9.89. The van der Waals surface area contributed by atoms with Gasteiger partial charge in [-0.25, -0.2) is 0 Å². The van der Waals surface area contributed by atoms with Gasteiger partial charge < -0.3 is 15.4 Å². The van der Waals surface area contributed by atoms with Gasteiger partial charge in [-0.05, 0) is 19.8 Å². The van der Waals surface area contributed by atoms with Gasteiger partial charge in [-0.2, -0.15) is 13.2 Å². The summed E-state index contributed by atoms with van der Waals surface area (Å²) >= 11 is 0. The van der Waals surface area contributed by atoms with E-state index in [-0.39, 0.29) is 0 Å². The molecule has 1 aliphatic carbocycles. The number of alkyl halides is 3. The van der Waals surface area contributed by atoms with Crippen molar-refractivity contribution in [2.24, 2.45) is 0 Å². The fraction of sp³-hybridized carbons (Fsp3) is 1.00. The number of ether oxygens (including phenoxy) is 1. The number of nitrogens with one attached hydrogen (secondary N) is 2. The standard InChI is InChI=1S/C10H19F3N2O/c1-2-16-9-5-8(6-9)15-4-3-14-7-10(11,12)13/h8-9,14-15H,2-7H2,1H3. The Bertz CT molecular complexity index is 193. The van der Waals surface area contributed by atoms with Gasteiger partial charge in [0, 0.05) is 25.7 Å². The third kappa shape index (κ3) is 5.67. The fourth-order valence-corrected chi connectivity index (χ4v) is 1.70. The molecule has 0 radical (unpaired) electrons. The second kappa shape index (κ2) is 6.42. The summed E-state index contributed by atoms with van der Waals surface area (Å²) in [6.45, 7) is 2.68. The molecule has 96 valence electrons. The largest absolute Gasteiger partial charge is 0.401 e. The molecule has 0 unspecified atom stereocenters. The zero-order chi connectivity index (χ0) is 12.0. The van der Waals surface area contributed by atoms with Crippen LogP contribution in [0.2, 0.25) is 0 Å². The van der Waals surface area contributed by atoms with Crippen LogP contribution in [0.4, 0.5) is 13.2 Å². The number of rotatable bonds is 7. The maximum atomic E-state index is 11.8. The molecule has 0 bridgehead atoms. The quantitative estimate of drug-likeness (QED) is 0.658. The molecular formula is C10H19F3N2O. The van der Waals surface area contributed by atoms with Crippen molar-refractivity contribution in [1.29, 1.82) is 0 Å². The van der Waals surface area contributed by atoms with Crippen molar-refractivity contribution in [2.75, 3.05) is 26.2 Å². The van der Waals surface area contributed by atoms with E-state index in [0.29, 0.717) is 25.2 Å². The van der Waals surface area contributed by atoms with Gasteiger partial charge in [-0.1, -0.05) is 0 Å². The Morgan fingerprint density at radius 1 is 1.25 bits per heavy atom. The number of hydrogen-bond donors (Lipinski definition) is 2. The van der Waals surface area contributed by atoms with Gasteiger partial charge in [0.15, 0.2) is 0 Å². The first-order valence-electron chi connectivity index (χ1n) is 5.63. The summed E-state index contributed by atoms with van der Waals surface area (Å²) in [4.78, 5) is 0. The second-order valence-corrected chi connectivity index (χ2v) is 3.99. The van der Waals surface area contributed by atoms with Crippen molar-refractivity contribution < 1.29 is 17.9 Å². The minimum Gasteiger partial charge on any atom is -0.378 e. The van der Waals surface area contributed by atoms with Crippen molar-refractivity contribution in [3.05, 3.63) is 0 Å². The van der Waals surface area contributed by atoms with Crippen LogP contribution in [0.25, 0.3) is 0 Å². The van der Waals surface area contributed by atoms with E-state index < -0.39 is 12.7 Å². The van der Waals surface area contributed by atoms with Crippen LogP contribution in [0, 0.1) is 0 Å². The number of halogens is 3. The van der Waals surface area contributed by atoms with Gasteiger partial charge in [-0.15, -0.1) is 0 Å². The lowest BCUT2D eigenvalue weighted by molar-refractivity contribution is -0.124. The third-order valence-corrected chi connectivity index (χ3v) is 2.56. The molecule has 0 aromatic heterocycles. The Hall–Kier alpha value is -0.330. The summed E-state index contributed by atoms with van der Waals surface area (Å²) in [6, 6.07) is 0.407. The Kier molecular flexibility index (Phi) is 5.51. The Balaban J connectivity index is 1.86. The highest BCUT2D eigenvalue weighted by Crippen LogP contribution is 2.22. The van der Waals surface area contributed by atoms with E-state index in [9.17, 15) is 13.2 Å². The molecule has 0 amide bonds. The Morgan fingerprint density at radius 2 is 1.94 bits per heavy atom. The molecule has 0 atom stereocenters. The molecule has 0 saturated heterocycles. The van der Waals surface area contributed by atoms with Gasteiger partial charge in [-0.3, -0.25) is 0 Å². The SMILES string of the molecule is CCOC1CC(NCCNCC(F)(F)F)C1. The van der Waals surface area contributed by atoms with Gasteiger partial charge in [0.1, 0.15) is 0 Å². The maximum Gasteiger partial charge on any atom is 0.401 e. The summed E-state index contributed by atoms with van der Waals surface area (Å²) in [5.74, 6) is 0. The van der Waals surface area contributed by atoms with Gasteiger partial charge in [0.2, 0.25) is 0 Å². The van der Waals surface area contributed by atoms with Crippen molar-refractivity contribution in [1.82, 2.24) is 10.6 Å². The molecule has 1 fully saturated rings. The van der Waals surface area contributed by atoms with Crippen LogP contribution in [0.3, 0.4) is 0 Å². The first kappa shape index (κ1) is 13.7. The zero-order valence-electron chi connectivity index (χ0n) is 9.44. The monoisotopic (exact) mass is 240 g/mol. The minimum atomic E-state index is -4.11. The van der Waals surface area contributed by atoms with Gasteiger partial charge >= 0.3 is 6.18 Å². The van der Waals surface area contributed by atoms with E-state index in [4.69, 9.17) is 4.74 Å². The summed E-state index contributed by atoms with van der Waals surface area (Å²) in [7, 11) is 0. The van der Waals surface area contributed by atoms with E-state index >= 15 is 0 Å². The number of hydrogen-bond acceptors (Lipinski definition) is 3. The first-order chi connectivity index (χ1) is 7.51. The average molecular weight is 240 g/mol. The fourth-order valence-electron chi connectivity index (χ4n) is 1.70. The van der Waals surface area contributed by atoms with Crippen LogP contribution in [0.5, 0.6) is 0 Å². The lowest BCUT2D eigenvalue weighted by Crippen LogP contribution is -2.47. The van der Waals surface area contributed by atoms with Crippen LogP contribution in [0.15, 0.2) is 0 Å². The molecular weight excluding hydrogens is 221 g/mol. The molecule has 1 aliphatic rings. The normalized spacial score (nSPS) is 25.5. The topological polar surface area (TPSA) is 33.3 Å². The van der Waals surface area contributed by atoms with Crippen LogP contribution < -0.4 is 10.6 Å². The van der Waals surface area contributed by atoms with Gasteiger partial charge in [0.25, 0.3) is 0 Å².